The molecule has 0 radical (unpaired) electrons. The van der Waals surface area contributed by atoms with E-state index in [1.807, 2.05) is 44.2 Å². The van der Waals surface area contributed by atoms with E-state index in [0.717, 1.165) is 24.1 Å². The Morgan fingerprint density at radius 3 is 2.38 bits per heavy atom. The number of hydrazine groups is 1. The van der Waals surface area contributed by atoms with Crippen LogP contribution in [0.4, 0.5) is 11.4 Å². The minimum absolute atomic E-state index is 0.0496. The van der Waals surface area contributed by atoms with Crippen LogP contribution in [0.25, 0.3) is 0 Å². The summed E-state index contributed by atoms with van der Waals surface area (Å²) in [7, 11) is 0. The zero-order valence-corrected chi connectivity index (χ0v) is 13.8. The van der Waals surface area contributed by atoms with E-state index >= 15 is 0 Å². The first-order valence-electron chi connectivity index (χ1n) is 8.08. The Kier molecular flexibility index (Phi) is 4.51. The van der Waals surface area contributed by atoms with Gasteiger partial charge in [0.05, 0.1) is 11.3 Å². The van der Waals surface area contributed by atoms with Gasteiger partial charge in [-0.1, -0.05) is 24.3 Å². The molecule has 0 bridgehead atoms. The number of para-hydroxylation sites is 1. The van der Waals surface area contributed by atoms with Crippen LogP contribution in [-0.2, 0) is 4.79 Å². The van der Waals surface area contributed by atoms with Crippen LogP contribution in [-0.4, -0.2) is 11.8 Å². The molecule has 24 heavy (non-hydrogen) atoms. The molecular formula is C19H21N3O2. The third-order valence-electron chi connectivity index (χ3n) is 4.29. The lowest BCUT2D eigenvalue weighted by Crippen LogP contribution is -2.42. The third-order valence-corrected chi connectivity index (χ3v) is 4.29. The summed E-state index contributed by atoms with van der Waals surface area (Å²) in [4.78, 5) is 24.0. The molecule has 0 aliphatic heterocycles. The van der Waals surface area contributed by atoms with Gasteiger partial charge in [-0.05, 0) is 56.0 Å². The van der Waals surface area contributed by atoms with Crippen LogP contribution in [0.3, 0.4) is 0 Å². The predicted molar refractivity (Wildman–Crippen MR) is 94.0 cm³/mol. The number of aryl methyl sites for hydroxylation is 1. The van der Waals surface area contributed by atoms with Crippen molar-refractivity contribution in [3.05, 3.63) is 59.2 Å². The molecule has 2 amide bonds. The van der Waals surface area contributed by atoms with E-state index in [1.165, 1.54) is 5.56 Å². The number of benzene rings is 2. The van der Waals surface area contributed by atoms with Gasteiger partial charge in [0, 0.05) is 11.6 Å². The Morgan fingerprint density at radius 1 is 0.917 bits per heavy atom. The molecule has 1 saturated carbocycles. The highest BCUT2D eigenvalue weighted by atomic mass is 16.2. The van der Waals surface area contributed by atoms with Gasteiger partial charge in [-0.3, -0.25) is 20.4 Å². The molecule has 2 aromatic carbocycles. The molecule has 1 aliphatic carbocycles. The number of hydrogen-bond acceptors (Lipinski definition) is 3. The van der Waals surface area contributed by atoms with E-state index in [9.17, 15) is 9.59 Å². The number of carbonyl (C=O) groups is 2. The molecule has 1 aliphatic rings. The molecule has 0 saturated heterocycles. The average molecular weight is 323 g/mol. The molecule has 0 spiro atoms. The van der Waals surface area contributed by atoms with Crippen molar-refractivity contribution < 1.29 is 9.59 Å². The molecule has 1 fully saturated rings. The summed E-state index contributed by atoms with van der Waals surface area (Å²) in [5.74, 6) is -0.408. The van der Waals surface area contributed by atoms with Gasteiger partial charge in [0.1, 0.15) is 0 Å². The number of nitrogens with one attached hydrogen (secondary N) is 3. The van der Waals surface area contributed by atoms with Crippen molar-refractivity contribution in [1.82, 2.24) is 10.9 Å². The van der Waals surface area contributed by atoms with Crippen molar-refractivity contribution in [2.24, 2.45) is 5.92 Å². The summed E-state index contributed by atoms with van der Waals surface area (Å²) in [5.41, 5.74) is 9.43. The molecule has 5 heteroatoms. The second-order valence-electron chi connectivity index (χ2n) is 6.14. The van der Waals surface area contributed by atoms with Crippen LogP contribution < -0.4 is 16.2 Å². The van der Waals surface area contributed by atoms with Gasteiger partial charge in [-0.2, -0.15) is 0 Å². The summed E-state index contributed by atoms with van der Waals surface area (Å²) in [5, 5.41) is 3.31. The van der Waals surface area contributed by atoms with Gasteiger partial charge >= 0.3 is 0 Å². The Morgan fingerprint density at radius 2 is 1.62 bits per heavy atom. The number of amides is 2. The number of carbonyl (C=O) groups excluding carboxylic acids is 2. The van der Waals surface area contributed by atoms with Crippen LogP contribution in [0.1, 0.15) is 34.3 Å². The fraction of sp³-hybridized carbons (Fsp3) is 0.263. The smallest absolute Gasteiger partial charge is 0.271 e. The van der Waals surface area contributed by atoms with Gasteiger partial charge in [0.15, 0.2) is 0 Å². The average Bonchev–Trinajstić information content (AvgIpc) is 3.42. The maximum absolute atomic E-state index is 12.4. The highest BCUT2D eigenvalue weighted by molar-refractivity contribution is 6.01. The van der Waals surface area contributed by atoms with Crippen LogP contribution in [0.2, 0.25) is 0 Å². The first kappa shape index (κ1) is 16.1. The first-order valence-corrected chi connectivity index (χ1v) is 8.08. The summed E-state index contributed by atoms with van der Waals surface area (Å²) in [6.45, 7) is 4.09. The summed E-state index contributed by atoms with van der Waals surface area (Å²) in [6, 6.07) is 13.2. The van der Waals surface area contributed by atoms with Gasteiger partial charge in [-0.25, -0.2) is 0 Å². The van der Waals surface area contributed by atoms with E-state index in [2.05, 4.69) is 16.2 Å². The second-order valence-corrected chi connectivity index (χ2v) is 6.14. The lowest BCUT2D eigenvalue weighted by molar-refractivity contribution is -0.123. The standard InChI is InChI=1S/C19H21N3O2/c1-12-6-5-9-16(13(12)2)20-17-8-4-3-7-15(17)19(24)22-21-18(23)14-10-11-14/h3-9,14,20H,10-11H2,1-2H3,(H,21,23)(H,22,24). The van der Waals surface area contributed by atoms with Crippen molar-refractivity contribution in [3.8, 4) is 0 Å². The highest BCUT2D eigenvalue weighted by Gasteiger charge is 2.29. The maximum Gasteiger partial charge on any atom is 0.271 e. The van der Waals surface area contributed by atoms with Crippen LogP contribution >= 0.6 is 0 Å². The van der Waals surface area contributed by atoms with E-state index in [-0.39, 0.29) is 17.7 Å². The SMILES string of the molecule is Cc1cccc(Nc2ccccc2C(=O)NNC(=O)C2CC2)c1C. The third kappa shape index (κ3) is 3.56. The summed E-state index contributed by atoms with van der Waals surface area (Å²) < 4.78 is 0. The van der Waals surface area contributed by atoms with Gasteiger partial charge < -0.3 is 5.32 Å². The van der Waals surface area contributed by atoms with Gasteiger partial charge in [0.25, 0.3) is 5.91 Å². The minimum Gasteiger partial charge on any atom is -0.355 e. The molecule has 5 nitrogen and oxygen atoms in total. The molecule has 0 atom stereocenters. The number of anilines is 2. The quantitative estimate of drug-likeness (QED) is 0.757. The second kappa shape index (κ2) is 6.74. The number of rotatable bonds is 4. The monoisotopic (exact) mass is 323 g/mol. The van der Waals surface area contributed by atoms with E-state index in [0.29, 0.717) is 11.3 Å². The topological polar surface area (TPSA) is 70.2 Å². The van der Waals surface area contributed by atoms with E-state index in [1.54, 1.807) is 12.1 Å². The number of hydrogen-bond donors (Lipinski definition) is 3. The van der Waals surface area contributed by atoms with Crippen molar-refractivity contribution in [2.75, 3.05) is 5.32 Å². The Labute approximate surface area is 141 Å². The molecule has 124 valence electrons. The molecule has 3 N–H and O–H groups in total. The zero-order chi connectivity index (χ0) is 17.1. The fourth-order valence-corrected chi connectivity index (χ4v) is 2.46. The fourth-order valence-electron chi connectivity index (χ4n) is 2.46. The molecule has 0 unspecified atom stereocenters. The van der Waals surface area contributed by atoms with E-state index in [4.69, 9.17) is 0 Å². The van der Waals surface area contributed by atoms with Crippen molar-refractivity contribution in [2.45, 2.75) is 26.7 Å². The highest BCUT2D eigenvalue weighted by Crippen LogP contribution is 2.28. The van der Waals surface area contributed by atoms with Crippen LogP contribution in [0.15, 0.2) is 42.5 Å². The minimum atomic E-state index is -0.336. The summed E-state index contributed by atoms with van der Waals surface area (Å²) in [6.07, 6.45) is 1.79. The Balaban J connectivity index is 1.75. The lowest BCUT2D eigenvalue weighted by Gasteiger charge is -2.15. The largest absolute Gasteiger partial charge is 0.355 e. The maximum atomic E-state index is 12.4. The molecule has 3 rings (SSSR count). The predicted octanol–water partition coefficient (Wildman–Crippen LogP) is 3.22. The van der Waals surface area contributed by atoms with Crippen molar-refractivity contribution in [3.63, 3.8) is 0 Å². The van der Waals surface area contributed by atoms with Crippen LogP contribution in [0.5, 0.6) is 0 Å². The molecular weight excluding hydrogens is 302 g/mol. The normalized spacial score (nSPS) is 13.2. The van der Waals surface area contributed by atoms with E-state index < -0.39 is 0 Å². The molecule has 0 heterocycles. The molecule has 0 aromatic heterocycles. The van der Waals surface area contributed by atoms with Gasteiger partial charge in [-0.15, -0.1) is 0 Å². The zero-order valence-electron chi connectivity index (χ0n) is 13.8. The summed E-state index contributed by atoms with van der Waals surface area (Å²) >= 11 is 0. The Hall–Kier alpha value is -2.82. The van der Waals surface area contributed by atoms with Gasteiger partial charge in [0.2, 0.25) is 5.91 Å². The van der Waals surface area contributed by atoms with Crippen LogP contribution in [0, 0.1) is 19.8 Å². The first-order chi connectivity index (χ1) is 11.6. The Bertz CT molecular complexity index is 782. The van der Waals surface area contributed by atoms with Crippen molar-refractivity contribution in [1.29, 1.82) is 0 Å². The lowest BCUT2D eigenvalue weighted by atomic mass is 10.1. The molecule has 2 aromatic rings. The van der Waals surface area contributed by atoms with Crippen molar-refractivity contribution >= 4 is 23.2 Å².